The Morgan fingerprint density at radius 1 is 1.47 bits per heavy atom. The summed E-state index contributed by atoms with van der Waals surface area (Å²) in [6.07, 6.45) is 0. The van der Waals surface area contributed by atoms with E-state index in [-0.39, 0.29) is 27.6 Å². The number of anilines is 1. The van der Waals surface area contributed by atoms with Crippen LogP contribution in [0.4, 0.5) is 11.4 Å². The zero-order chi connectivity index (χ0) is 13.2. The summed E-state index contributed by atoms with van der Waals surface area (Å²) in [6, 6.07) is 2.39. The number of halogens is 1. The highest BCUT2D eigenvalue weighted by Gasteiger charge is 2.17. The van der Waals surface area contributed by atoms with Gasteiger partial charge >= 0.3 is 0 Å². The monoisotopic (exact) mass is 258 g/mol. The Balaban J connectivity index is 3.02. The second kappa shape index (κ2) is 4.79. The highest BCUT2D eigenvalue weighted by atomic mass is 35.5. The third-order valence-corrected chi connectivity index (χ3v) is 2.36. The fourth-order valence-electron chi connectivity index (χ4n) is 1.19. The molecule has 0 atom stereocenters. The third-order valence-electron chi connectivity index (χ3n) is 2.07. The van der Waals surface area contributed by atoms with E-state index in [1.165, 1.54) is 6.07 Å². The van der Waals surface area contributed by atoms with Crippen LogP contribution >= 0.6 is 11.6 Å². The predicted octanol–water partition coefficient (Wildman–Crippen LogP) is 3.41. The number of phenols is 1. The van der Waals surface area contributed by atoms with Crippen LogP contribution in [0.5, 0.6) is 5.75 Å². The maximum Gasteiger partial charge on any atom is 0.273 e. The molecule has 0 aliphatic carbocycles. The highest BCUT2D eigenvalue weighted by Crippen LogP contribution is 2.36. The van der Waals surface area contributed by atoms with Gasteiger partial charge in [-0.15, -0.1) is 0 Å². The minimum Gasteiger partial charge on any atom is -0.504 e. The average Bonchev–Trinajstić information content (AvgIpc) is 2.18. The number of nitrogens with zero attached hydrogens (tertiary/aromatic N) is 1. The second-order valence-corrected chi connectivity index (χ2v) is 5.40. The van der Waals surface area contributed by atoms with E-state index in [9.17, 15) is 15.2 Å². The number of nitro groups is 1. The van der Waals surface area contributed by atoms with Crippen LogP contribution in [0.15, 0.2) is 12.1 Å². The number of aromatic hydroxyl groups is 1. The number of non-ortho nitro benzene ring substituents is 1. The van der Waals surface area contributed by atoms with E-state index >= 15 is 0 Å². The Hall–Kier alpha value is -1.49. The third kappa shape index (κ3) is 3.78. The molecule has 0 unspecified atom stereocenters. The summed E-state index contributed by atoms with van der Waals surface area (Å²) in [5.74, 6) is -0.165. The van der Waals surface area contributed by atoms with Crippen LogP contribution in [0.2, 0.25) is 5.02 Å². The van der Waals surface area contributed by atoms with Gasteiger partial charge in [0.1, 0.15) is 0 Å². The number of hydrogen-bond donors (Lipinski definition) is 2. The van der Waals surface area contributed by atoms with E-state index in [0.29, 0.717) is 6.54 Å². The highest BCUT2D eigenvalue weighted by molar-refractivity contribution is 6.32. The quantitative estimate of drug-likeness (QED) is 0.495. The van der Waals surface area contributed by atoms with Crippen molar-refractivity contribution in [1.29, 1.82) is 0 Å². The molecule has 0 aliphatic heterocycles. The van der Waals surface area contributed by atoms with Gasteiger partial charge in [0.05, 0.1) is 15.6 Å². The molecule has 0 bridgehead atoms. The maximum atomic E-state index is 10.7. The van der Waals surface area contributed by atoms with Crippen LogP contribution in [0.25, 0.3) is 0 Å². The van der Waals surface area contributed by atoms with Crippen molar-refractivity contribution < 1.29 is 10.0 Å². The van der Waals surface area contributed by atoms with Crippen molar-refractivity contribution in [3.63, 3.8) is 0 Å². The SMILES string of the molecule is CC(C)(C)CNc1cc([N+](=O)[O-])cc(Cl)c1O. The summed E-state index contributed by atoms with van der Waals surface area (Å²) in [7, 11) is 0. The van der Waals surface area contributed by atoms with Crippen molar-refractivity contribution >= 4 is 23.0 Å². The van der Waals surface area contributed by atoms with Crippen LogP contribution in [0.1, 0.15) is 20.8 Å². The van der Waals surface area contributed by atoms with Gasteiger partial charge in [-0.25, -0.2) is 0 Å². The van der Waals surface area contributed by atoms with Gasteiger partial charge < -0.3 is 10.4 Å². The summed E-state index contributed by atoms with van der Waals surface area (Å²) in [6.45, 7) is 6.60. The van der Waals surface area contributed by atoms with Gasteiger partial charge in [0, 0.05) is 18.7 Å². The number of hydrogen-bond acceptors (Lipinski definition) is 4. The van der Waals surface area contributed by atoms with Crippen LogP contribution < -0.4 is 5.32 Å². The molecule has 17 heavy (non-hydrogen) atoms. The first-order valence-electron chi connectivity index (χ1n) is 5.11. The molecule has 1 rings (SSSR count). The topological polar surface area (TPSA) is 75.4 Å². The number of rotatable bonds is 3. The molecule has 0 fully saturated rings. The van der Waals surface area contributed by atoms with E-state index in [4.69, 9.17) is 11.6 Å². The molecule has 5 nitrogen and oxygen atoms in total. The molecule has 2 N–H and O–H groups in total. The van der Waals surface area contributed by atoms with Crippen LogP contribution in [-0.4, -0.2) is 16.6 Å². The van der Waals surface area contributed by atoms with Crippen LogP contribution in [0.3, 0.4) is 0 Å². The molecule has 0 heterocycles. The molecule has 0 saturated heterocycles. The molecule has 1 aromatic carbocycles. The van der Waals surface area contributed by atoms with Crippen molar-refractivity contribution in [2.24, 2.45) is 5.41 Å². The van der Waals surface area contributed by atoms with Gasteiger partial charge in [-0.05, 0) is 5.41 Å². The molecule has 6 heteroatoms. The molecule has 94 valence electrons. The lowest BCUT2D eigenvalue weighted by Crippen LogP contribution is -2.19. The van der Waals surface area contributed by atoms with Crippen LogP contribution in [-0.2, 0) is 0 Å². The first kappa shape index (κ1) is 13.6. The van der Waals surface area contributed by atoms with Crippen molar-refractivity contribution in [3.8, 4) is 5.75 Å². The van der Waals surface area contributed by atoms with Gasteiger partial charge in [-0.2, -0.15) is 0 Å². The van der Waals surface area contributed by atoms with E-state index in [0.717, 1.165) is 6.07 Å². The number of nitro benzene ring substituents is 1. The fourth-order valence-corrected chi connectivity index (χ4v) is 1.40. The van der Waals surface area contributed by atoms with Gasteiger partial charge in [0.2, 0.25) is 0 Å². The summed E-state index contributed by atoms with van der Waals surface area (Å²) < 4.78 is 0. The molecule has 0 spiro atoms. The summed E-state index contributed by atoms with van der Waals surface area (Å²) in [5, 5.41) is 23.3. The van der Waals surface area contributed by atoms with E-state index in [1.54, 1.807) is 0 Å². The molecule has 0 amide bonds. The Labute approximate surface area is 105 Å². The minimum atomic E-state index is -0.548. The first-order valence-corrected chi connectivity index (χ1v) is 5.49. The number of phenolic OH excluding ortho intramolecular Hbond substituents is 1. The normalized spacial score (nSPS) is 11.3. The largest absolute Gasteiger partial charge is 0.504 e. The molecule has 0 aliphatic rings. The van der Waals surface area contributed by atoms with Crippen molar-refractivity contribution in [2.75, 3.05) is 11.9 Å². The Kier molecular flexibility index (Phi) is 3.83. The maximum absolute atomic E-state index is 10.7. The molecule has 1 aromatic rings. The smallest absolute Gasteiger partial charge is 0.273 e. The number of nitrogens with one attached hydrogen (secondary N) is 1. The van der Waals surface area contributed by atoms with E-state index in [2.05, 4.69) is 5.32 Å². The van der Waals surface area contributed by atoms with Gasteiger partial charge in [-0.1, -0.05) is 32.4 Å². The fraction of sp³-hybridized carbons (Fsp3) is 0.455. The minimum absolute atomic E-state index is 0.0104. The Bertz CT molecular complexity index is 441. The molecule has 0 saturated carbocycles. The second-order valence-electron chi connectivity index (χ2n) is 5.00. The Morgan fingerprint density at radius 2 is 2.06 bits per heavy atom. The summed E-state index contributed by atoms with van der Waals surface area (Å²) >= 11 is 5.72. The van der Waals surface area contributed by atoms with E-state index in [1.807, 2.05) is 20.8 Å². The zero-order valence-electron chi connectivity index (χ0n) is 9.95. The van der Waals surface area contributed by atoms with Gasteiger partial charge in [0.15, 0.2) is 5.75 Å². The van der Waals surface area contributed by atoms with Crippen molar-refractivity contribution in [2.45, 2.75) is 20.8 Å². The molecular formula is C11H15ClN2O3. The molecule has 0 aromatic heterocycles. The summed E-state index contributed by atoms with van der Waals surface area (Å²) in [4.78, 5) is 10.1. The van der Waals surface area contributed by atoms with Crippen molar-refractivity contribution in [1.82, 2.24) is 0 Å². The number of benzene rings is 1. The average molecular weight is 259 g/mol. The zero-order valence-corrected chi connectivity index (χ0v) is 10.7. The Morgan fingerprint density at radius 3 is 2.53 bits per heavy atom. The molecule has 0 radical (unpaired) electrons. The molecular weight excluding hydrogens is 244 g/mol. The first-order chi connectivity index (χ1) is 7.70. The van der Waals surface area contributed by atoms with Gasteiger partial charge in [0.25, 0.3) is 5.69 Å². The lowest BCUT2D eigenvalue weighted by atomic mass is 9.97. The van der Waals surface area contributed by atoms with Crippen LogP contribution in [0, 0.1) is 15.5 Å². The van der Waals surface area contributed by atoms with E-state index < -0.39 is 4.92 Å². The lowest BCUT2D eigenvalue weighted by Gasteiger charge is -2.20. The van der Waals surface area contributed by atoms with Crippen molar-refractivity contribution in [3.05, 3.63) is 27.3 Å². The lowest BCUT2D eigenvalue weighted by molar-refractivity contribution is -0.384. The van der Waals surface area contributed by atoms with Gasteiger partial charge in [-0.3, -0.25) is 10.1 Å². The summed E-state index contributed by atoms with van der Waals surface area (Å²) in [5.41, 5.74) is 0.118. The standard InChI is InChI=1S/C11H15ClN2O3/c1-11(2,3)6-13-9-5-7(14(16)17)4-8(12)10(9)15/h4-5,13,15H,6H2,1-3H3. The predicted molar refractivity (Wildman–Crippen MR) is 67.7 cm³/mol.